The Morgan fingerprint density at radius 1 is 1.16 bits per heavy atom. The monoisotopic (exact) mass is 340 g/mol. The van der Waals surface area contributed by atoms with Crippen molar-refractivity contribution in [1.29, 1.82) is 0 Å². The third kappa shape index (κ3) is 3.45. The van der Waals surface area contributed by atoms with Crippen LogP contribution in [0.3, 0.4) is 0 Å². The average molecular weight is 340 g/mol. The number of aromatic nitrogens is 1. The topological polar surface area (TPSA) is 103 Å². The lowest BCUT2D eigenvalue weighted by Crippen LogP contribution is -2.57. The molecule has 7 heteroatoms. The third-order valence-corrected chi connectivity index (χ3v) is 4.40. The summed E-state index contributed by atoms with van der Waals surface area (Å²) in [6, 6.07) is 7.19. The van der Waals surface area contributed by atoms with Gasteiger partial charge in [0.2, 0.25) is 11.8 Å². The average Bonchev–Trinajstić information content (AvgIpc) is 2.96. The van der Waals surface area contributed by atoms with E-state index in [1.807, 2.05) is 31.3 Å². The van der Waals surface area contributed by atoms with E-state index in [-0.39, 0.29) is 6.04 Å². The quantitative estimate of drug-likeness (QED) is 0.572. The molecular weight excluding hydrogens is 320 g/mol. The van der Waals surface area contributed by atoms with Crippen molar-refractivity contribution in [1.82, 2.24) is 15.6 Å². The highest BCUT2D eigenvalue weighted by Gasteiger charge is 2.36. The first-order valence-electron chi connectivity index (χ1n) is 8.24. The van der Waals surface area contributed by atoms with Crippen molar-refractivity contribution in [3.05, 3.63) is 36.0 Å². The molecule has 0 spiro atoms. The summed E-state index contributed by atoms with van der Waals surface area (Å²) in [4.78, 5) is 42.9. The van der Waals surface area contributed by atoms with Crippen molar-refractivity contribution in [3.8, 4) is 0 Å². The molecular formula is C18H20N4O3. The van der Waals surface area contributed by atoms with Gasteiger partial charge in [-0.1, -0.05) is 25.1 Å². The number of para-hydroxylation sites is 1. The summed E-state index contributed by atoms with van der Waals surface area (Å²) in [7, 11) is 0. The normalized spacial score (nSPS) is 17.5. The number of aliphatic imine (C=N–C) groups is 1. The maximum Gasteiger partial charge on any atom is 0.328 e. The summed E-state index contributed by atoms with van der Waals surface area (Å²) < 4.78 is 0. The van der Waals surface area contributed by atoms with Crippen LogP contribution in [-0.4, -0.2) is 34.6 Å². The highest BCUT2D eigenvalue weighted by Crippen LogP contribution is 2.21. The summed E-state index contributed by atoms with van der Waals surface area (Å²) in [5.41, 5.74) is 2.62. The Hall–Kier alpha value is -2.96. The summed E-state index contributed by atoms with van der Waals surface area (Å²) >= 11 is 0. The Kier molecular flexibility index (Phi) is 4.65. The maximum absolute atomic E-state index is 11.9. The largest absolute Gasteiger partial charge is 0.361 e. The molecule has 25 heavy (non-hydrogen) atoms. The van der Waals surface area contributed by atoms with Crippen LogP contribution in [0.15, 0.2) is 35.5 Å². The molecule has 2 aromatic rings. The van der Waals surface area contributed by atoms with E-state index in [2.05, 4.69) is 26.7 Å². The van der Waals surface area contributed by atoms with E-state index in [1.165, 1.54) is 0 Å². The fraction of sp³-hybridized carbons (Fsp3) is 0.333. The lowest BCUT2D eigenvalue weighted by molar-refractivity contribution is -0.132. The smallest absolute Gasteiger partial charge is 0.328 e. The molecule has 0 aliphatic carbocycles. The molecule has 1 aliphatic rings. The van der Waals surface area contributed by atoms with Gasteiger partial charge in [-0.2, -0.15) is 0 Å². The van der Waals surface area contributed by atoms with Gasteiger partial charge in [0.05, 0.1) is 6.04 Å². The van der Waals surface area contributed by atoms with Gasteiger partial charge in [-0.05, 0) is 31.4 Å². The third-order valence-electron chi connectivity index (χ3n) is 4.40. The number of nitrogens with zero attached hydrogens (tertiary/aromatic N) is 1. The number of hydrogen-bond acceptors (Lipinski definition) is 4. The first-order valence-corrected chi connectivity index (χ1v) is 8.24. The fourth-order valence-corrected chi connectivity index (χ4v) is 3.10. The number of carbonyl (C=O) groups excluding carboxylic acids is 3. The van der Waals surface area contributed by atoms with E-state index in [0.29, 0.717) is 12.1 Å². The SMILES string of the molecule is CC[C@@H](Cc1c[nH]c2ccccc12)N=C(C)C1C(=O)NC(=O)NC1=O. The molecule has 0 unspecified atom stereocenters. The van der Waals surface area contributed by atoms with Gasteiger partial charge in [-0.3, -0.25) is 25.2 Å². The molecule has 1 atom stereocenters. The molecule has 1 aromatic heterocycles. The Labute approximate surface area is 144 Å². The van der Waals surface area contributed by atoms with E-state index >= 15 is 0 Å². The van der Waals surface area contributed by atoms with Crippen LogP contribution in [0.4, 0.5) is 4.79 Å². The van der Waals surface area contributed by atoms with Crippen LogP contribution >= 0.6 is 0 Å². The second-order valence-electron chi connectivity index (χ2n) is 6.14. The van der Waals surface area contributed by atoms with Crippen LogP contribution in [0.1, 0.15) is 25.8 Å². The molecule has 0 bridgehead atoms. The van der Waals surface area contributed by atoms with E-state index in [4.69, 9.17) is 0 Å². The van der Waals surface area contributed by atoms with Gasteiger partial charge >= 0.3 is 6.03 Å². The number of rotatable bonds is 5. The number of hydrogen-bond donors (Lipinski definition) is 3. The van der Waals surface area contributed by atoms with Gasteiger partial charge in [-0.25, -0.2) is 4.79 Å². The molecule has 2 heterocycles. The Morgan fingerprint density at radius 2 is 1.84 bits per heavy atom. The highest BCUT2D eigenvalue weighted by molar-refractivity contribution is 6.27. The van der Waals surface area contributed by atoms with Crippen molar-refractivity contribution >= 4 is 34.5 Å². The minimum absolute atomic E-state index is 0.0579. The first kappa shape index (κ1) is 16.9. The van der Waals surface area contributed by atoms with E-state index in [9.17, 15) is 14.4 Å². The van der Waals surface area contributed by atoms with Gasteiger partial charge in [0, 0.05) is 22.8 Å². The minimum atomic E-state index is -1.06. The Balaban J connectivity index is 1.81. The fourth-order valence-electron chi connectivity index (χ4n) is 3.10. The predicted molar refractivity (Wildman–Crippen MR) is 94.4 cm³/mol. The van der Waals surface area contributed by atoms with Crippen molar-refractivity contribution in [2.24, 2.45) is 10.9 Å². The number of H-pyrrole nitrogens is 1. The van der Waals surface area contributed by atoms with Crippen LogP contribution in [0, 0.1) is 5.92 Å². The number of urea groups is 1. The summed E-state index contributed by atoms with van der Waals surface area (Å²) in [6.45, 7) is 3.67. The molecule has 3 rings (SSSR count). The number of barbiturate groups is 1. The van der Waals surface area contributed by atoms with Gasteiger partial charge in [0.15, 0.2) is 5.92 Å². The number of fused-ring (bicyclic) bond motifs is 1. The summed E-state index contributed by atoms with van der Waals surface area (Å²) in [5, 5.41) is 5.36. The van der Waals surface area contributed by atoms with Crippen LogP contribution in [0.25, 0.3) is 10.9 Å². The number of imide groups is 2. The van der Waals surface area contributed by atoms with Crippen LogP contribution in [-0.2, 0) is 16.0 Å². The highest BCUT2D eigenvalue weighted by atomic mass is 16.2. The Bertz CT molecular complexity index is 848. The van der Waals surface area contributed by atoms with Gasteiger partial charge in [0.25, 0.3) is 0 Å². The summed E-state index contributed by atoms with van der Waals surface area (Å²) in [6.07, 6.45) is 3.44. The molecule has 130 valence electrons. The van der Waals surface area contributed by atoms with E-state index in [1.54, 1.807) is 6.92 Å². The van der Waals surface area contributed by atoms with Crippen molar-refractivity contribution in [2.45, 2.75) is 32.7 Å². The van der Waals surface area contributed by atoms with Gasteiger partial charge in [0.1, 0.15) is 0 Å². The van der Waals surface area contributed by atoms with Crippen LogP contribution in [0.2, 0.25) is 0 Å². The van der Waals surface area contributed by atoms with E-state index in [0.717, 1.165) is 22.9 Å². The zero-order valence-corrected chi connectivity index (χ0v) is 14.1. The van der Waals surface area contributed by atoms with Crippen molar-refractivity contribution in [2.75, 3.05) is 0 Å². The first-order chi connectivity index (χ1) is 12.0. The van der Waals surface area contributed by atoms with Crippen LogP contribution < -0.4 is 10.6 Å². The molecule has 0 saturated carbocycles. The Morgan fingerprint density at radius 3 is 2.52 bits per heavy atom. The number of aromatic amines is 1. The molecule has 4 amide bonds. The van der Waals surface area contributed by atoms with Gasteiger partial charge in [-0.15, -0.1) is 0 Å². The predicted octanol–water partition coefficient (Wildman–Crippen LogP) is 1.93. The molecule has 0 radical (unpaired) electrons. The molecule has 1 saturated heterocycles. The minimum Gasteiger partial charge on any atom is -0.361 e. The second-order valence-corrected chi connectivity index (χ2v) is 6.14. The molecule has 1 aliphatic heterocycles. The number of amides is 4. The van der Waals surface area contributed by atoms with Crippen molar-refractivity contribution in [3.63, 3.8) is 0 Å². The maximum atomic E-state index is 11.9. The number of benzene rings is 1. The molecule has 1 aromatic carbocycles. The standard InChI is InChI=1S/C18H20N4O3/c1-3-12(8-11-9-19-14-7-5-4-6-13(11)14)20-10(2)15-16(23)21-18(25)22-17(15)24/h4-7,9,12,15,19H,3,8H2,1-2H3,(H2,21,22,23,24,25)/t12-/m0/s1. The lowest BCUT2D eigenvalue weighted by Gasteiger charge is -2.21. The number of nitrogens with one attached hydrogen (secondary N) is 3. The molecule has 1 fully saturated rings. The zero-order chi connectivity index (χ0) is 18.0. The zero-order valence-electron chi connectivity index (χ0n) is 14.1. The van der Waals surface area contributed by atoms with Gasteiger partial charge < -0.3 is 4.98 Å². The molecule has 7 nitrogen and oxygen atoms in total. The molecule has 3 N–H and O–H groups in total. The second kappa shape index (κ2) is 6.88. The number of carbonyl (C=O) groups is 3. The van der Waals surface area contributed by atoms with E-state index < -0.39 is 23.8 Å². The lowest BCUT2D eigenvalue weighted by atomic mass is 9.99. The van der Waals surface area contributed by atoms with Crippen LogP contribution in [0.5, 0.6) is 0 Å². The van der Waals surface area contributed by atoms with Crippen molar-refractivity contribution < 1.29 is 14.4 Å². The summed E-state index contributed by atoms with van der Waals surface area (Å²) in [5.74, 6) is -2.32.